The average Bonchev–Trinajstić information content (AvgIpc) is 2.33. The van der Waals surface area contributed by atoms with E-state index in [2.05, 4.69) is 0 Å². The highest BCUT2D eigenvalue weighted by molar-refractivity contribution is 6.33. The van der Waals surface area contributed by atoms with E-state index in [9.17, 15) is 4.79 Å². The van der Waals surface area contributed by atoms with Crippen molar-refractivity contribution in [1.29, 1.82) is 0 Å². The van der Waals surface area contributed by atoms with Gasteiger partial charge in [0.2, 0.25) is 0 Å². The van der Waals surface area contributed by atoms with Crippen molar-refractivity contribution in [3.8, 4) is 11.1 Å². The van der Waals surface area contributed by atoms with E-state index in [1.165, 1.54) is 0 Å². The minimum atomic E-state index is -0.926. The van der Waals surface area contributed by atoms with Gasteiger partial charge < -0.3 is 5.11 Å². The van der Waals surface area contributed by atoms with Gasteiger partial charge >= 0.3 is 5.97 Å². The largest absolute Gasteiger partial charge is 0.478 e. The zero-order valence-corrected chi connectivity index (χ0v) is 11.9. The summed E-state index contributed by atoms with van der Waals surface area (Å²) in [4.78, 5) is 11.1. The third-order valence-corrected chi connectivity index (χ3v) is 3.53. The molecule has 0 spiro atoms. The van der Waals surface area contributed by atoms with Crippen molar-refractivity contribution < 1.29 is 9.90 Å². The summed E-state index contributed by atoms with van der Waals surface area (Å²) in [7, 11) is 0. The van der Waals surface area contributed by atoms with Crippen LogP contribution in [0.15, 0.2) is 30.3 Å². The first-order valence-electron chi connectivity index (χ1n) is 6.00. The fourth-order valence-electron chi connectivity index (χ4n) is 2.06. The first kappa shape index (κ1) is 13.6. The lowest BCUT2D eigenvalue weighted by Crippen LogP contribution is -1.97. The van der Waals surface area contributed by atoms with Gasteiger partial charge in [-0.25, -0.2) is 4.79 Å². The molecule has 0 saturated carbocycles. The van der Waals surface area contributed by atoms with Crippen molar-refractivity contribution in [2.24, 2.45) is 0 Å². The number of carboxylic acids is 1. The van der Waals surface area contributed by atoms with Crippen LogP contribution in [-0.4, -0.2) is 11.1 Å². The highest BCUT2D eigenvalue weighted by Gasteiger charge is 2.10. The van der Waals surface area contributed by atoms with E-state index in [1.54, 1.807) is 12.1 Å². The molecule has 0 fully saturated rings. The topological polar surface area (TPSA) is 37.3 Å². The Morgan fingerprint density at radius 3 is 2.26 bits per heavy atom. The summed E-state index contributed by atoms with van der Waals surface area (Å²) in [6.07, 6.45) is 0. The molecule has 0 heterocycles. The van der Waals surface area contributed by atoms with Crippen molar-refractivity contribution >= 4 is 17.6 Å². The summed E-state index contributed by atoms with van der Waals surface area (Å²) in [6, 6.07) is 9.17. The minimum absolute atomic E-state index is 0.282. The second-order valence-corrected chi connectivity index (χ2v) is 5.22. The molecule has 98 valence electrons. The Labute approximate surface area is 117 Å². The second kappa shape index (κ2) is 5.06. The molecule has 0 aliphatic heterocycles. The summed E-state index contributed by atoms with van der Waals surface area (Å²) in [5.41, 5.74) is 5.16. The molecule has 0 bridgehead atoms. The zero-order chi connectivity index (χ0) is 14.2. The molecule has 0 saturated heterocycles. The van der Waals surface area contributed by atoms with Gasteiger partial charge in [0.1, 0.15) is 0 Å². The summed E-state index contributed by atoms with van der Waals surface area (Å²) in [5, 5.41) is 9.76. The number of carbonyl (C=O) groups is 1. The van der Waals surface area contributed by atoms with E-state index in [0.29, 0.717) is 5.02 Å². The number of halogens is 1. The van der Waals surface area contributed by atoms with Gasteiger partial charge in [0.05, 0.1) is 5.56 Å². The standard InChI is InChI=1S/C16H15ClO2/c1-9-4-12(8-13(5-9)16(18)19)14-6-10(2)11(3)7-15(14)17/h4-8H,1-3H3,(H,18,19). The summed E-state index contributed by atoms with van der Waals surface area (Å²) in [6.45, 7) is 5.90. The Morgan fingerprint density at radius 1 is 1.00 bits per heavy atom. The van der Waals surface area contributed by atoms with Crippen molar-refractivity contribution in [2.75, 3.05) is 0 Å². The summed E-state index contributed by atoms with van der Waals surface area (Å²) >= 11 is 6.27. The number of carboxylic acid groups (broad SMARTS) is 1. The lowest BCUT2D eigenvalue weighted by atomic mass is 9.97. The van der Waals surface area contributed by atoms with Crippen molar-refractivity contribution in [3.63, 3.8) is 0 Å². The number of aryl methyl sites for hydroxylation is 3. The van der Waals surface area contributed by atoms with Crippen LogP contribution in [0.4, 0.5) is 0 Å². The van der Waals surface area contributed by atoms with Crippen LogP contribution < -0.4 is 0 Å². The first-order chi connectivity index (χ1) is 8.88. The van der Waals surface area contributed by atoms with Crippen LogP contribution in [0.1, 0.15) is 27.0 Å². The Kier molecular flexibility index (Phi) is 3.63. The van der Waals surface area contributed by atoms with Gasteiger partial charge in [0, 0.05) is 10.6 Å². The Balaban J connectivity index is 2.65. The lowest BCUT2D eigenvalue weighted by Gasteiger charge is -2.10. The molecule has 19 heavy (non-hydrogen) atoms. The molecule has 0 aliphatic carbocycles. The van der Waals surface area contributed by atoms with Gasteiger partial charge in [0.25, 0.3) is 0 Å². The van der Waals surface area contributed by atoms with Crippen LogP contribution in [0.2, 0.25) is 5.02 Å². The maximum atomic E-state index is 11.1. The molecule has 1 N–H and O–H groups in total. The lowest BCUT2D eigenvalue weighted by molar-refractivity contribution is 0.0697. The number of aromatic carboxylic acids is 1. The molecule has 0 radical (unpaired) electrons. The van der Waals surface area contributed by atoms with Gasteiger partial charge in [-0.1, -0.05) is 17.7 Å². The van der Waals surface area contributed by atoms with Gasteiger partial charge in [0.15, 0.2) is 0 Å². The highest BCUT2D eigenvalue weighted by Crippen LogP contribution is 2.31. The van der Waals surface area contributed by atoms with Gasteiger partial charge in [-0.3, -0.25) is 0 Å². The van der Waals surface area contributed by atoms with E-state index in [0.717, 1.165) is 27.8 Å². The van der Waals surface area contributed by atoms with Crippen molar-refractivity contribution in [3.05, 3.63) is 57.6 Å². The Hall–Kier alpha value is -1.80. The molecule has 2 aromatic rings. The van der Waals surface area contributed by atoms with Crippen LogP contribution in [0.3, 0.4) is 0 Å². The predicted octanol–water partition coefficient (Wildman–Crippen LogP) is 4.63. The second-order valence-electron chi connectivity index (χ2n) is 4.81. The minimum Gasteiger partial charge on any atom is -0.478 e. The van der Waals surface area contributed by atoms with Gasteiger partial charge in [-0.05, 0) is 67.3 Å². The first-order valence-corrected chi connectivity index (χ1v) is 6.38. The summed E-state index contributed by atoms with van der Waals surface area (Å²) < 4.78 is 0. The monoisotopic (exact) mass is 274 g/mol. The third-order valence-electron chi connectivity index (χ3n) is 3.22. The molecule has 2 nitrogen and oxygen atoms in total. The predicted molar refractivity (Wildman–Crippen MR) is 78.1 cm³/mol. The van der Waals surface area contributed by atoms with Crippen LogP contribution in [-0.2, 0) is 0 Å². The number of hydrogen-bond donors (Lipinski definition) is 1. The molecule has 0 aliphatic rings. The van der Waals surface area contributed by atoms with Crippen LogP contribution in [0, 0.1) is 20.8 Å². The van der Waals surface area contributed by atoms with Crippen LogP contribution in [0.5, 0.6) is 0 Å². The Morgan fingerprint density at radius 2 is 1.63 bits per heavy atom. The van der Waals surface area contributed by atoms with E-state index in [4.69, 9.17) is 16.7 Å². The van der Waals surface area contributed by atoms with E-state index in [1.807, 2.05) is 39.0 Å². The quantitative estimate of drug-likeness (QED) is 0.867. The highest BCUT2D eigenvalue weighted by atomic mass is 35.5. The fraction of sp³-hybridized carbons (Fsp3) is 0.188. The molecule has 2 rings (SSSR count). The smallest absolute Gasteiger partial charge is 0.335 e. The number of hydrogen-bond acceptors (Lipinski definition) is 1. The van der Waals surface area contributed by atoms with Crippen molar-refractivity contribution in [2.45, 2.75) is 20.8 Å². The maximum absolute atomic E-state index is 11.1. The van der Waals surface area contributed by atoms with Gasteiger partial charge in [-0.2, -0.15) is 0 Å². The number of rotatable bonds is 2. The van der Waals surface area contributed by atoms with Crippen LogP contribution in [0.25, 0.3) is 11.1 Å². The van der Waals surface area contributed by atoms with E-state index in [-0.39, 0.29) is 5.56 Å². The Bertz CT molecular complexity index is 660. The molecule has 3 heteroatoms. The molecule has 2 aromatic carbocycles. The van der Waals surface area contributed by atoms with Gasteiger partial charge in [-0.15, -0.1) is 0 Å². The third kappa shape index (κ3) is 2.79. The molecular formula is C16H15ClO2. The van der Waals surface area contributed by atoms with E-state index >= 15 is 0 Å². The van der Waals surface area contributed by atoms with E-state index < -0.39 is 5.97 Å². The fourth-order valence-corrected chi connectivity index (χ4v) is 2.39. The SMILES string of the molecule is Cc1cc(C(=O)O)cc(-c2cc(C)c(C)cc2Cl)c1. The molecule has 0 aromatic heterocycles. The molecule has 0 amide bonds. The maximum Gasteiger partial charge on any atom is 0.335 e. The number of benzene rings is 2. The normalized spacial score (nSPS) is 10.5. The van der Waals surface area contributed by atoms with Crippen LogP contribution >= 0.6 is 11.6 Å². The molecule has 0 unspecified atom stereocenters. The molecular weight excluding hydrogens is 260 g/mol. The average molecular weight is 275 g/mol. The zero-order valence-electron chi connectivity index (χ0n) is 11.1. The molecule has 0 atom stereocenters. The summed E-state index contributed by atoms with van der Waals surface area (Å²) in [5.74, 6) is -0.926. The van der Waals surface area contributed by atoms with Crippen molar-refractivity contribution in [1.82, 2.24) is 0 Å².